The van der Waals surface area contributed by atoms with Gasteiger partial charge in [-0.05, 0) is 24.1 Å². The van der Waals surface area contributed by atoms with Gasteiger partial charge in [0.25, 0.3) is 0 Å². The van der Waals surface area contributed by atoms with Gasteiger partial charge in [0.2, 0.25) is 5.91 Å². The summed E-state index contributed by atoms with van der Waals surface area (Å²) in [4.78, 5) is 14.7. The molecular weight excluding hydrogens is 284 g/mol. The Labute approximate surface area is 139 Å². The second-order valence-corrected chi connectivity index (χ2v) is 5.80. The maximum absolute atomic E-state index is 12.5. The number of carbonyl (C=O) groups is 1. The first-order valence-corrected chi connectivity index (χ1v) is 8.31. The number of hydrogen-bond donors (Lipinski definition) is 1. The fraction of sp³-hybridized carbons (Fsp3) is 0.350. The molecule has 0 saturated heterocycles. The highest BCUT2D eigenvalue weighted by Crippen LogP contribution is 2.21. The first-order chi connectivity index (χ1) is 11.2. The van der Waals surface area contributed by atoms with Crippen LogP contribution in [0.25, 0.3) is 0 Å². The van der Waals surface area contributed by atoms with Crippen LogP contribution >= 0.6 is 0 Å². The van der Waals surface area contributed by atoms with Gasteiger partial charge in [-0.3, -0.25) is 4.79 Å². The van der Waals surface area contributed by atoms with E-state index in [-0.39, 0.29) is 11.8 Å². The second kappa shape index (κ2) is 8.99. The normalized spacial score (nSPS) is 11.7. The van der Waals surface area contributed by atoms with Gasteiger partial charge in [0.15, 0.2) is 0 Å². The van der Waals surface area contributed by atoms with Crippen molar-refractivity contribution in [3.63, 3.8) is 0 Å². The number of nitrogens with one attached hydrogen (secondary N) is 1. The molecule has 3 nitrogen and oxygen atoms in total. The van der Waals surface area contributed by atoms with Gasteiger partial charge in [-0.2, -0.15) is 0 Å². The second-order valence-electron chi connectivity index (χ2n) is 5.80. The Morgan fingerprint density at radius 2 is 1.65 bits per heavy atom. The molecule has 0 spiro atoms. The predicted molar refractivity (Wildman–Crippen MR) is 96.8 cm³/mol. The van der Waals surface area contributed by atoms with E-state index in [1.165, 1.54) is 0 Å². The van der Waals surface area contributed by atoms with E-state index < -0.39 is 0 Å². The molecular formula is C20H26N2O. The number of nitrogens with zero attached hydrogens (tertiary/aromatic N) is 1. The molecule has 2 aromatic rings. The highest BCUT2D eigenvalue weighted by molar-refractivity contribution is 5.83. The van der Waals surface area contributed by atoms with Crippen molar-refractivity contribution < 1.29 is 4.79 Å². The number of carbonyl (C=O) groups excluding carboxylic acids is 1. The number of amides is 1. The van der Waals surface area contributed by atoms with Gasteiger partial charge in [-0.1, -0.05) is 61.9 Å². The van der Waals surface area contributed by atoms with Gasteiger partial charge < -0.3 is 10.2 Å². The van der Waals surface area contributed by atoms with Gasteiger partial charge in [-0.25, -0.2) is 0 Å². The van der Waals surface area contributed by atoms with E-state index in [1.54, 1.807) is 0 Å². The monoisotopic (exact) mass is 310 g/mol. The Balaban J connectivity index is 1.87. The van der Waals surface area contributed by atoms with Crippen molar-refractivity contribution in [3.05, 3.63) is 66.2 Å². The molecule has 1 atom stereocenters. The van der Waals surface area contributed by atoms with Crippen molar-refractivity contribution in [3.8, 4) is 0 Å². The van der Waals surface area contributed by atoms with Crippen molar-refractivity contribution in [1.82, 2.24) is 5.32 Å². The quantitative estimate of drug-likeness (QED) is 0.804. The van der Waals surface area contributed by atoms with Crippen LogP contribution in [0, 0.1) is 0 Å². The third kappa shape index (κ3) is 5.13. The lowest BCUT2D eigenvalue weighted by atomic mass is 9.94. The lowest BCUT2D eigenvalue weighted by molar-refractivity contribution is -0.122. The third-order valence-corrected chi connectivity index (χ3v) is 4.04. The summed E-state index contributed by atoms with van der Waals surface area (Å²) in [5.41, 5.74) is 2.26. The molecule has 23 heavy (non-hydrogen) atoms. The maximum Gasteiger partial charge on any atom is 0.227 e. The molecule has 0 heterocycles. The van der Waals surface area contributed by atoms with Crippen molar-refractivity contribution >= 4 is 11.6 Å². The van der Waals surface area contributed by atoms with Crippen molar-refractivity contribution in [2.24, 2.45) is 0 Å². The molecule has 2 aromatic carbocycles. The van der Waals surface area contributed by atoms with Crippen LogP contribution in [0.15, 0.2) is 60.7 Å². The van der Waals surface area contributed by atoms with Crippen molar-refractivity contribution in [2.75, 3.05) is 25.0 Å². The van der Waals surface area contributed by atoms with Gasteiger partial charge in [0, 0.05) is 25.8 Å². The highest BCUT2D eigenvalue weighted by Gasteiger charge is 2.19. The van der Waals surface area contributed by atoms with Crippen LogP contribution in [0.1, 0.15) is 31.2 Å². The molecule has 122 valence electrons. The van der Waals surface area contributed by atoms with E-state index >= 15 is 0 Å². The molecule has 0 aromatic heterocycles. The number of benzene rings is 2. The Morgan fingerprint density at radius 1 is 1.04 bits per heavy atom. The average Bonchev–Trinajstić information content (AvgIpc) is 2.61. The van der Waals surface area contributed by atoms with Crippen LogP contribution in [0.4, 0.5) is 5.69 Å². The van der Waals surface area contributed by atoms with E-state index in [0.29, 0.717) is 6.54 Å². The largest absolute Gasteiger partial charge is 0.373 e. The molecule has 0 fully saturated rings. The summed E-state index contributed by atoms with van der Waals surface area (Å²) in [6.07, 6.45) is 1.88. The molecule has 0 aliphatic rings. The predicted octanol–water partition coefficient (Wildman–Crippen LogP) is 3.82. The molecule has 0 radical (unpaired) electrons. The molecule has 1 unspecified atom stereocenters. The number of likely N-dealkylation sites (N-methyl/N-ethyl adjacent to an activating group) is 1. The van der Waals surface area contributed by atoms with Crippen LogP contribution in [-0.4, -0.2) is 26.0 Å². The summed E-state index contributed by atoms with van der Waals surface area (Å²) < 4.78 is 0. The SMILES string of the molecule is CCCC(C(=O)NCCN(C)c1ccccc1)c1ccccc1. The molecule has 0 aliphatic carbocycles. The van der Waals surface area contributed by atoms with Crippen LogP contribution in [0.3, 0.4) is 0 Å². The zero-order valence-electron chi connectivity index (χ0n) is 14.0. The maximum atomic E-state index is 12.5. The smallest absolute Gasteiger partial charge is 0.227 e. The lowest BCUT2D eigenvalue weighted by Gasteiger charge is -2.21. The summed E-state index contributed by atoms with van der Waals surface area (Å²) in [6, 6.07) is 20.3. The molecule has 0 bridgehead atoms. The molecule has 2 rings (SSSR count). The summed E-state index contributed by atoms with van der Waals surface area (Å²) in [6.45, 7) is 3.56. The summed E-state index contributed by atoms with van der Waals surface area (Å²) >= 11 is 0. The minimum Gasteiger partial charge on any atom is -0.373 e. The topological polar surface area (TPSA) is 32.3 Å². The lowest BCUT2D eigenvalue weighted by Crippen LogP contribution is -2.35. The van der Waals surface area contributed by atoms with E-state index in [9.17, 15) is 4.79 Å². The minimum atomic E-state index is -0.0526. The summed E-state index contributed by atoms with van der Waals surface area (Å²) in [5.74, 6) is 0.0720. The number of anilines is 1. The molecule has 0 aliphatic heterocycles. The Bertz CT molecular complexity index is 583. The Kier molecular flexibility index (Phi) is 6.67. The van der Waals surface area contributed by atoms with E-state index in [1.807, 2.05) is 55.6 Å². The molecule has 0 saturated carbocycles. The molecule has 1 amide bonds. The Hall–Kier alpha value is -2.29. The average molecular weight is 310 g/mol. The third-order valence-electron chi connectivity index (χ3n) is 4.04. The Morgan fingerprint density at radius 3 is 2.26 bits per heavy atom. The fourth-order valence-electron chi connectivity index (χ4n) is 2.70. The van der Waals surface area contributed by atoms with Crippen molar-refractivity contribution in [2.45, 2.75) is 25.7 Å². The van der Waals surface area contributed by atoms with Crippen molar-refractivity contribution in [1.29, 1.82) is 0 Å². The van der Waals surface area contributed by atoms with Crippen LogP contribution in [0.2, 0.25) is 0 Å². The first-order valence-electron chi connectivity index (χ1n) is 8.31. The van der Waals surface area contributed by atoms with Gasteiger partial charge in [0.1, 0.15) is 0 Å². The first kappa shape index (κ1) is 17.1. The van der Waals surface area contributed by atoms with E-state index in [0.717, 1.165) is 30.6 Å². The van der Waals surface area contributed by atoms with Gasteiger partial charge in [-0.15, -0.1) is 0 Å². The van der Waals surface area contributed by atoms with E-state index in [2.05, 4.69) is 29.3 Å². The highest BCUT2D eigenvalue weighted by atomic mass is 16.1. The number of hydrogen-bond acceptors (Lipinski definition) is 2. The summed E-state index contributed by atoms with van der Waals surface area (Å²) in [5, 5.41) is 3.09. The van der Waals surface area contributed by atoms with Crippen LogP contribution < -0.4 is 10.2 Å². The zero-order chi connectivity index (χ0) is 16.5. The molecule has 1 N–H and O–H groups in total. The van der Waals surface area contributed by atoms with Crippen LogP contribution in [0.5, 0.6) is 0 Å². The van der Waals surface area contributed by atoms with Crippen LogP contribution in [-0.2, 0) is 4.79 Å². The summed E-state index contributed by atoms with van der Waals surface area (Å²) in [7, 11) is 2.04. The van der Waals surface area contributed by atoms with Gasteiger partial charge >= 0.3 is 0 Å². The number of para-hydroxylation sites is 1. The van der Waals surface area contributed by atoms with Gasteiger partial charge in [0.05, 0.1) is 5.92 Å². The number of rotatable bonds is 8. The fourth-order valence-corrected chi connectivity index (χ4v) is 2.70. The standard InChI is InChI=1S/C20H26N2O/c1-3-10-19(17-11-6-4-7-12-17)20(23)21-15-16-22(2)18-13-8-5-9-14-18/h4-9,11-14,19H,3,10,15-16H2,1-2H3,(H,21,23). The minimum absolute atomic E-state index is 0.0526. The molecule has 3 heteroatoms. The van der Waals surface area contributed by atoms with E-state index in [4.69, 9.17) is 0 Å². The zero-order valence-corrected chi connectivity index (χ0v) is 14.0.